The predicted octanol–water partition coefficient (Wildman–Crippen LogP) is 1.58. The van der Waals surface area contributed by atoms with Gasteiger partial charge < -0.3 is 14.6 Å². The zero-order valence-electron chi connectivity index (χ0n) is 14.1. The average Bonchev–Trinajstić information content (AvgIpc) is 2.93. The minimum atomic E-state index is -1.19. The Morgan fingerprint density at radius 2 is 2.36 bits per heavy atom. The molecule has 0 spiro atoms. The summed E-state index contributed by atoms with van der Waals surface area (Å²) < 4.78 is 7.37. The average molecular weight is 379 g/mol. The van der Waals surface area contributed by atoms with Gasteiger partial charge in [0.25, 0.3) is 5.56 Å². The fraction of sp³-hybridized carbons (Fsp3) is 0.471. The van der Waals surface area contributed by atoms with E-state index in [4.69, 9.17) is 4.74 Å². The molecule has 0 saturated heterocycles. The van der Waals surface area contributed by atoms with Crippen molar-refractivity contribution in [2.24, 2.45) is 5.92 Å². The van der Waals surface area contributed by atoms with Gasteiger partial charge in [-0.05, 0) is 11.5 Å². The third-order valence-electron chi connectivity index (χ3n) is 4.17. The summed E-state index contributed by atoms with van der Waals surface area (Å²) in [5.74, 6) is -1.08. The van der Waals surface area contributed by atoms with Gasteiger partial charge in [-0.3, -0.25) is 9.36 Å². The summed E-state index contributed by atoms with van der Waals surface area (Å²) in [7, 11) is 0. The van der Waals surface area contributed by atoms with E-state index in [1.165, 1.54) is 15.9 Å². The van der Waals surface area contributed by atoms with E-state index in [0.29, 0.717) is 34.3 Å². The number of carbonyl (C=O) groups is 1. The lowest BCUT2D eigenvalue weighted by Gasteiger charge is -2.26. The van der Waals surface area contributed by atoms with Crippen molar-refractivity contribution in [3.8, 4) is 0 Å². The largest absolute Gasteiger partial charge is 0.549 e. The first-order chi connectivity index (χ1) is 11.9. The standard InChI is InChI=1S/C17H20N2O4S2/c1-4-5-19-16(22)14-10-6-11(9(2)3)23-7-12(10)25-15(14)18-17(19)24-8-13(20)21/h4,9,11H,1,5-8H2,2-3H3,(H,20,21)/p-1/t11-/m1/s1. The van der Waals surface area contributed by atoms with Crippen molar-refractivity contribution >= 4 is 39.3 Å². The van der Waals surface area contributed by atoms with E-state index in [2.05, 4.69) is 25.4 Å². The molecule has 3 heterocycles. The SMILES string of the molecule is C=CCn1c(SCC(=O)[O-])nc2sc3c(c2c1=O)C[C@H](C(C)C)OC3. The molecule has 25 heavy (non-hydrogen) atoms. The van der Waals surface area contributed by atoms with Crippen molar-refractivity contribution in [1.82, 2.24) is 9.55 Å². The number of carboxylic acid groups (broad SMARTS) is 1. The minimum absolute atomic E-state index is 0.0877. The molecule has 134 valence electrons. The normalized spacial score (nSPS) is 17.0. The van der Waals surface area contributed by atoms with Crippen molar-refractivity contribution in [3.05, 3.63) is 33.4 Å². The van der Waals surface area contributed by atoms with Crippen molar-refractivity contribution in [2.75, 3.05) is 5.75 Å². The van der Waals surface area contributed by atoms with Crippen molar-refractivity contribution in [2.45, 2.75) is 44.7 Å². The Morgan fingerprint density at radius 1 is 1.60 bits per heavy atom. The van der Waals surface area contributed by atoms with E-state index in [1.54, 1.807) is 6.08 Å². The van der Waals surface area contributed by atoms with E-state index in [9.17, 15) is 14.7 Å². The number of carbonyl (C=O) groups excluding carboxylic acids is 1. The molecule has 2 aromatic rings. The lowest BCUT2D eigenvalue weighted by atomic mass is 9.96. The second kappa shape index (κ2) is 7.31. The second-order valence-corrected chi connectivity index (χ2v) is 8.27. The van der Waals surface area contributed by atoms with Gasteiger partial charge in [0.2, 0.25) is 0 Å². The van der Waals surface area contributed by atoms with Crippen LogP contribution in [0.3, 0.4) is 0 Å². The highest BCUT2D eigenvalue weighted by Crippen LogP contribution is 2.35. The number of thiophene rings is 1. The molecule has 1 atom stereocenters. The van der Waals surface area contributed by atoms with E-state index >= 15 is 0 Å². The van der Waals surface area contributed by atoms with Gasteiger partial charge in [-0.25, -0.2) is 4.98 Å². The molecule has 1 aliphatic rings. The predicted molar refractivity (Wildman–Crippen MR) is 96.9 cm³/mol. The van der Waals surface area contributed by atoms with Crippen LogP contribution in [0.15, 0.2) is 22.6 Å². The number of nitrogens with zero attached hydrogens (tertiary/aromatic N) is 2. The summed E-state index contributed by atoms with van der Waals surface area (Å²) >= 11 is 2.44. The van der Waals surface area contributed by atoms with Gasteiger partial charge in [0.1, 0.15) is 4.83 Å². The number of aliphatic carboxylic acids is 1. The van der Waals surface area contributed by atoms with Gasteiger partial charge >= 0.3 is 0 Å². The van der Waals surface area contributed by atoms with E-state index in [0.717, 1.165) is 22.2 Å². The number of allylic oxidation sites excluding steroid dienone is 1. The Balaban J connectivity index is 2.13. The highest BCUT2D eigenvalue weighted by Gasteiger charge is 2.28. The minimum Gasteiger partial charge on any atom is -0.549 e. The molecule has 0 amide bonds. The van der Waals surface area contributed by atoms with Crippen molar-refractivity contribution < 1.29 is 14.6 Å². The molecule has 3 rings (SSSR count). The van der Waals surface area contributed by atoms with Gasteiger partial charge in [0.05, 0.1) is 24.1 Å². The molecule has 0 aromatic carbocycles. The number of rotatable bonds is 6. The first-order valence-electron chi connectivity index (χ1n) is 8.02. The van der Waals surface area contributed by atoms with E-state index < -0.39 is 5.97 Å². The number of ether oxygens (including phenoxy) is 1. The molecule has 0 unspecified atom stereocenters. The quantitative estimate of drug-likeness (QED) is 0.430. The Kier molecular flexibility index (Phi) is 5.31. The fourth-order valence-corrected chi connectivity index (χ4v) is 4.78. The lowest BCUT2D eigenvalue weighted by Crippen LogP contribution is -2.29. The lowest BCUT2D eigenvalue weighted by molar-refractivity contribution is -0.301. The van der Waals surface area contributed by atoms with E-state index in [1.807, 2.05) is 0 Å². The van der Waals surface area contributed by atoms with Gasteiger partial charge in [-0.1, -0.05) is 31.7 Å². The van der Waals surface area contributed by atoms with Crippen LogP contribution in [-0.4, -0.2) is 27.4 Å². The zero-order valence-corrected chi connectivity index (χ0v) is 15.7. The molecular weight excluding hydrogens is 360 g/mol. The van der Waals surface area contributed by atoms with Crippen molar-refractivity contribution in [1.29, 1.82) is 0 Å². The van der Waals surface area contributed by atoms with Crippen LogP contribution in [0.1, 0.15) is 24.3 Å². The van der Waals surface area contributed by atoms with Crippen LogP contribution in [0.5, 0.6) is 0 Å². The Bertz CT molecular complexity index is 885. The third-order valence-corrected chi connectivity index (χ3v) is 6.22. The molecule has 2 aromatic heterocycles. The molecule has 0 saturated carbocycles. The summed E-state index contributed by atoms with van der Waals surface area (Å²) in [6.45, 7) is 8.66. The van der Waals surface area contributed by atoms with Crippen LogP contribution in [0, 0.1) is 5.92 Å². The molecule has 8 heteroatoms. The molecule has 0 radical (unpaired) electrons. The van der Waals surface area contributed by atoms with Gasteiger partial charge in [-0.15, -0.1) is 17.9 Å². The number of fused-ring (bicyclic) bond motifs is 3. The highest BCUT2D eigenvalue weighted by atomic mass is 32.2. The summed E-state index contributed by atoms with van der Waals surface area (Å²) in [6.07, 6.45) is 2.39. The first kappa shape index (κ1) is 18.2. The van der Waals surface area contributed by atoms with Crippen LogP contribution in [0.2, 0.25) is 0 Å². The zero-order chi connectivity index (χ0) is 18.1. The van der Waals surface area contributed by atoms with Crippen LogP contribution < -0.4 is 10.7 Å². The van der Waals surface area contributed by atoms with Gasteiger partial charge in [0, 0.05) is 23.6 Å². The second-order valence-electron chi connectivity index (χ2n) is 6.24. The number of carboxylic acids is 1. The monoisotopic (exact) mass is 379 g/mol. The maximum Gasteiger partial charge on any atom is 0.263 e. The van der Waals surface area contributed by atoms with E-state index in [-0.39, 0.29) is 24.0 Å². The van der Waals surface area contributed by atoms with Crippen LogP contribution in [0.25, 0.3) is 10.2 Å². The van der Waals surface area contributed by atoms with Crippen LogP contribution in [-0.2, 0) is 29.1 Å². The third kappa shape index (κ3) is 3.51. The molecule has 0 bridgehead atoms. The van der Waals surface area contributed by atoms with Crippen LogP contribution >= 0.6 is 23.1 Å². The molecule has 0 fully saturated rings. The Hall–Kier alpha value is -1.64. The summed E-state index contributed by atoms with van der Waals surface area (Å²) in [4.78, 5) is 30.1. The Morgan fingerprint density at radius 3 is 3.00 bits per heavy atom. The summed E-state index contributed by atoms with van der Waals surface area (Å²) in [5, 5.41) is 11.8. The van der Waals surface area contributed by atoms with Gasteiger partial charge in [0.15, 0.2) is 5.16 Å². The number of hydrogen-bond acceptors (Lipinski definition) is 7. The molecule has 6 nitrogen and oxygen atoms in total. The number of aromatic nitrogens is 2. The maximum atomic E-state index is 13.1. The summed E-state index contributed by atoms with van der Waals surface area (Å²) in [6, 6.07) is 0. The number of hydrogen-bond donors (Lipinski definition) is 0. The molecule has 0 N–H and O–H groups in total. The fourth-order valence-electron chi connectivity index (χ4n) is 2.89. The maximum absolute atomic E-state index is 13.1. The highest BCUT2D eigenvalue weighted by molar-refractivity contribution is 7.99. The molecule has 1 aliphatic heterocycles. The van der Waals surface area contributed by atoms with Crippen molar-refractivity contribution in [3.63, 3.8) is 0 Å². The summed E-state index contributed by atoms with van der Waals surface area (Å²) in [5.41, 5.74) is 0.879. The smallest absolute Gasteiger partial charge is 0.263 e. The van der Waals surface area contributed by atoms with Crippen LogP contribution in [0.4, 0.5) is 0 Å². The molecular formula is C17H19N2O4S2-. The molecule has 0 aliphatic carbocycles. The van der Waals surface area contributed by atoms with Gasteiger partial charge in [-0.2, -0.15) is 0 Å². The Labute approximate surface area is 153 Å². The topological polar surface area (TPSA) is 84.3 Å². The first-order valence-corrected chi connectivity index (χ1v) is 9.82. The number of thioether (sulfide) groups is 1.